The van der Waals surface area contributed by atoms with Crippen LogP contribution in [0.1, 0.15) is 45.4 Å². The molecule has 0 aliphatic rings. The van der Waals surface area contributed by atoms with E-state index in [0.717, 1.165) is 24.3 Å². The molecule has 0 unspecified atom stereocenters. The number of benzene rings is 1. The molecular weight excluding hydrogens is 234 g/mol. The second-order valence-electron chi connectivity index (χ2n) is 4.53. The summed E-state index contributed by atoms with van der Waals surface area (Å²) in [4.78, 5) is 4.44. The predicted molar refractivity (Wildman–Crippen MR) is 83.7 cm³/mol. The molecule has 0 spiro atoms. The summed E-state index contributed by atoms with van der Waals surface area (Å²) in [5, 5.41) is 0. The molecule has 2 heteroatoms. The molecule has 1 aromatic carbocycles. The average Bonchev–Trinajstić information content (AvgIpc) is 2.46. The molecule has 0 atom stereocenters. The van der Waals surface area contributed by atoms with E-state index in [2.05, 4.69) is 24.1 Å². The van der Waals surface area contributed by atoms with Crippen LogP contribution in [-0.2, 0) is 0 Å². The lowest BCUT2D eigenvalue weighted by Crippen LogP contribution is -1.82. The Morgan fingerprint density at radius 3 is 2.63 bits per heavy atom. The summed E-state index contributed by atoms with van der Waals surface area (Å²) in [6.07, 6.45) is 13.7. The maximum Gasteiger partial charge on any atom is 0.144 e. The number of hydrogen-bond donors (Lipinski definition) is 0. The summed E-state index contributed by atoms with van der Waals surface area (Å²) in [7, 11) is 1.67. The van der Waals surface area contributed by atoms with Crippen molar-refractivity contribution in [3.05, 3.63) is 36.4 Å². The Morgan fingerprint density at radius 1 is 1.05 bits per heavy atom. The molecule has 0 aromatic heterocycles. The minimum absolute atomic E-state index is 0.828. The van der Waals surface area contributed by atoms with Gasteiger partial charge < -0.3 is 4.74 Å². The first kappa shape index (κ1) is 15.5. The van der Waals surface area contributed by atoms with Crippen molar-refractivity contribution in [2.45, 2.75) is 45.4 Å². The van der Waals surface area contributed by atoms with Crippen LogP contribution < -0.4 is 4.74 Å². The molecule has 2 nitrogen and oxygen atoms in total. The van der Waals surface area contributed by atoms with Gasteiger partial charge in [0.2, 0.25) is 0 Å². The number of nitrogens with zero attached hydrogens (tertiary/aromatic N) is 1. The largest absolute Gasteiger partial charge is 0.494 e. The Hall–Kier alpha value is -1.57. The highest BCUT2D eigenvalue weighted by atomic mass is 16.5. The van der Waals surface area contributed by atoms with Gasteiger partial charge in [-0.3, -0.25) is 4.99 Å². The van der Waals surface area contributed by atoms with Crippen molar-refractivity contribution in [3.63, 3.8) is 0 Å². The molecule has 1 aromatic rings. The molecule has 0 bridgehead atoms. The van der Waals surface area contributed by atoms with E-state index in [1.54, 1.807) is 7.11 Å². The monoisotopic (exact) mass is 259 g/mol. The van der Waals surface area contributed by atoms with E-state index in [1.807, 2.05) is 30.5 Å². The summed E-state index contributed by atoms with van der Waals surface area (Å²) < 4.78 is 5.25. The van der Waals surface area contributed by atoms with Crippen LogP contribution in [-0.4, -0.2) is 13.3 Å². The third-order valence-corrected chi connectivity index (χ3v) is 2.92. The highest BCUT2D eigenvalue weighted by molar-refractivity contribution is 5.66. The zero-order chi connectivity index (χ0) is 13.8. The molecule has 104 valence electrons. The van der Waals surface area contributed by atoms with Gasteiger partial charge in [0.1, 0.15) is 11.4 Å². The Kier molecular flexibility index (Phi) is 8.45. The number of hydrogen-bond acceptors (Lipinski definition) is 2. The molecule has 0 N–H and O–H groups in total. The molecule has 0 amide bonds. The maximum atomic E-state index is 5.25. The first-order chi connectivity index (χ1) is 9.38. The fourth-order valence-electron chi connectivity index (χ4n) is 1.82. The smallest absolute Gasteiger partial charge is 0.144 e. The molecule has 0 saturated carbocycles. The van der Waals surface area contributed by atoms with E-state index in [1.165, 1.54) is 25.7 Å². The maximum absolute atomic E-state index is 5.25. The Balaban J connectivity index is 2.23. The van der Waals surface area contributed by atoms with Gasteiger partial charge in [0, 0.05) is 6.21 Å². The Bertz CT molecular complexity index is 396. The van der Waals surface area contributed by atoms with Gasteiger partial charge in [-0.2, -0.15) is 0 Å². The van der Waals surface area contributed by atoms with Crippen LogP contribution in [0, 0.1) is 0 Å². The van der Waals surface area contributed by atoms with Gasteiger partial charge >= 0.3 is 0 Å². The van der Waals surface area contributed by atoms with Crippen LogP contribution >= 0.6 is 0 Å². The average molecular weight is 259 g/mol. The molecule has 0 saturated heterocycles. The number of ether oxygens (including phenoxy) is 1. The second-order valence-corrected chi connectivity index (χ2v) is 4.53. The molecule has 0 aliphatic carbocycles. The van der Waals surface area contributed by atoms with Gasteiger partial charge in [-0.25, -0.2) is 0 Å². The number of para-hydroxylation sites is 2. The molecule has 0 aliphatic heterocycles. The van der Waals surface area contributed by atoms with Crippen LogP contribution in [0.4, 0.5) is 5.69 Å². The predicted octanol–water partition coefficient (Wildman–Crippen LogP) is 5.31. The van der Waals surface area contributed by atoms with Crippen molar-refractivity contribution in [2.75, 3.05) is 7.11 Å². The van der Waals surface area contributed by atoms with Gasteiger partial charge in [0.25, 0.3) is 0 Å². The van der Waals surface area contributed by atoms with Gasteiger partial charge in [0.15, 0.2) is 0 Å². The van der Waals surface area contributed by atoms with E-state index in [9.17, 15) is 0 Å². The minimum atomic E-state index is 0.828. The van der Waals surface area contributed by atoms with Gasteiger partial charge in [0.05, 0.1) is 7.11 Å². The number of aliphatic imine (C=N–C) groups is 1. The molecule has 0 heterocycles. The quantitative estimate of drug-likeness (QED) is 0.334. The normalized spacial score (nSPS) is 11.5. The van der Waals surface area contributed by atoms with Crippen molar-refractivity contribution >= 4 is 11.9 Å². The van der Waals surface area contributed by atoms with E-state index < -0.39 is 0 Å². The zero-order valence-electron chi connectivity index (χ0n) is 12.1. The van der Waals surface area contributed by atoms with Crippen LogP contribution in [0.15, 0.2) is 41.4 Å². The standard InChI is InChI=1S/C17H25NO/c1-3-4-5-6-7-8-9-12-15-18-16-13-10-11-14-17(16)19-2/h7-8,10-11,13-15H,3-6,9,12H2,1-2H3/b8-7+,18-15?. The number of allylic oxidation sites excluding steroid dienone is 2. The fraction of sp³-hybridized carbons (Fsp3) is 0.471. The Labute approximate surface area is 117 Å². The first-order valence-corrected chi connectivity index (χ1v) is 7.19. The van der Waals surface area contributed by atoms with Gasteiger partial charge in [-0.15, -0.1) is 0 Å². The Morgan fingerprint density at radius 2 is 1.84 bits per heavy atom. The first-order valence-electron chi connectivity index (χ1n) is 7.19. The van der Waals surface area contributed by atoms with Crippen LogP contribution in [0.3, 0.4) is 0 Å². The van der Waals surface area contributed by atoms with E-state index in [-0.39, 0.29) is 0 Å². The highest BCUT2D eigenvalue weighted by Crippen LogP contribution is 2.25. The van der Waals surface area contributed by atoms with Crippen LogP contribution in [0.25, 0.3) is 0 Å². The minimum Gasteiger partial charge on any atom is -0.494 e. The van der Waals surface area contributed by atoms with Crippen molar-refractivity contribution in [1.29, 1.82) is 0 Å². The SMILES string of the molecule is CCCCC/C=C/CCC=Nc1ccccc1OC. The lowest BCUT2D eigenvalue weighted by Gasteiger charge is -2.02. The molecule has 1 rings (SSSR count). The number of rotatable bonds is 9. The summed E-state index contributed by atoms with van der Waals surface area (Å²) in [5.41, 5.74) is 0.900. The molecule has 19 heavy (non-hydrogen) atoms. The summed E-state index contributed by atoms with van der Waals surface area (Å²) in [6, 6.07) is 7.83. The lowest BCUT2D eigenvalue weighted by molar-refractivity contribution is 0.416. The van der Waals surface area contributed by atoms with E-state index in [4.69, 9.17) is 4.74 Å². The molecule has 0 fully saturated rings. The highest BCUT2D eigenvalue weighted by Gasteiger charge is 1.96. The lowest BCUT2D eigenvalue weighted by atomic mass is 10.2. The van der Waals surface area contributed by atoms with Gasteiger partial charge in [-0.05, 0) is 37.8 Å². The van der Waals surface area contributed by atoms with Crippen molar-refractivity contribution < 1.29 is 4.74 Å². The van der Waals surface area contributed by atoms with Crippen molar-refractivity contribution in [1.82, 2.24) is 0 Å². The van der Waals surface area contributed by atoms with Crippen LogP contribution in [0.2, 0.25) is 0 Å². The summed E-state index contributed by atoms with van der Waals surface area (Å²) in [6.45, 7) is 2.23. The van der Waals surface area contributed by atoms with Crippen molar-refractivity contribution in [2.24, 2.45) is 4.99 Å². The number of methoxy groups -OCH3 is 1. The van der Waals surface area contributed by atoms with E-state index >= 15 is 0 Å². The molecular formula is C17H25NO. The fourth-order valence-corrected chi connectivity index (χ4v) is 1.82. The van der Waals surface area contributed by atoms with Crippen molar-refractivity contribution in [3.8, 4) is 5.75 Å². The third-order valence-electron chi connectivity index (χ3n) is 2.92. The number of unbranched alkanes of at least 4 members (excludes halogenated alkanes) is 4. The third kappa shape index (κ3) is 6.80. The molecule has 0 radical (unpaired) electrons. The summed E-state index contributed by atoms with van der Waals surface area (Å²) >= 11 is 0. The zero-order valence-corrected chi connectivity index (χ0v) is 12.1. The second kappa shape index (κ2) is 10.4. The van der Waals surface area contributed by atoms with Crippen LogP contribution in [0.5, 0.6) is 5.75 Å². The topological polar surface area (TPSA) is 21.6 Å². The van der Waals surface area contributed by atoms with E-state index in [0.29, 0.717) is 0 Å². The summed E-state index contributed by atoms with van der Waals surface area (Å²) in [5.74, 6) is 0.828. The van der Waals surface area contributed by atoms with Gasteiger partial charge in [-0.1, -0.05) is 44.1 Å².